The largest absolute Gasteiger partial charge is 0.268 e. The summed E-state index contributed by atoms with van der Waals surface area (Å²) in [7, 11) is 0. The zero-order valence-electron chi connectivity index (χ0n) is 8.53. The highest BCUT2D eigenvalue weighted by molar-refractivity contribution is 5.84. The zero-order chi connectivity index (χ0) is 10.4. The van der Waals surface area contributed by atoms with E-state index >= 15 is 0 Å². The lowest BCUT2D eigenvalue weighted by molar-refractivity contribution is 1.43. The molecule has 0 saturated heterocycles. The Morgan fingerprint density at radius 2 is 1.79 bits per heavy atom. The second kappa shape index (κ2) is 5.18. The molecule has 0 N–H and O–H groups in total. The van der Waals surface area contributed by atoms with Gasteiger partial charge in [-0.15, -0.1) is 13.2 Å². The molecule has 1 heterocycles. The smallest absolute Gasteiger partial charge is 0.0305 e. The number of benzene rings is 1. The third-order valence-corrected chi connectivity index (χ3v) is 2.07. The fraction of sp³-hybridized carbons (Fsp3) is 0.154. The van der Waals surface area contributed by atoms with Crippen LogP contribution in [0.25, 0.3) is 5.57 Å². The minimum Gasteiger partial charge on any atom is -0.268 e. The summed E-state index contributed by atoms with van der Waals surface area (Å²) in [4.78, 5) is 4.08. The summed E-state index contributed by atoms with van der Waals surface area (Å²) in [5.41, 5.74) is 3.91. The quantitative estimate of drug-likeness (QED) is 0.593. The molecular weight excluding hydrogens is 170 g/mol. The third-order valence-electron chi connectivity index (χ3n) is 2.07. The van der Waals surface area contributed by atoms with Gasteiger partial charge in [0.2, 0.25) is 0 Å². The van der Waals surface area contributed by atoms with Crippen molar-refractivity contribution in [2.45, 2.75) is 13.3 Å². The predicted octanol–water partition coefficient (Wildman–Crippen LogP) is 3.61. The van der Waals surface area contributed by atoms with Gasteiger partial charge in [-0.3, -0.25) is 4.99 Å². The van der Waals surface area contributed by atoms with E-state index in [1.807, 2.05) is 12.4 Å². The predicted molar refractivity (Wildman–Crippen MR) is 63.5 cm³/mol. The normalized spacial score (nSPS) is 13.1. The molecule has 0 saturated carbocycles. The Morgan fingerprint density at radius 3 is 2.29 bits per heavy atom. The van der Waals surface area contributed by atoms with Crippen molar-refractivity contribution >= 4 is 11.8 Å². The maximum absolute atomic E-state index is 4.08. The maximum Gasteiger partial charge on any atom is 0.0305 e. The summed E-state index contributed by atoms with van der Waals surface area (Å²) >= 11 is 0. The van der Waals surface area contributed by atoms with Gasteiger partial charge in [0.05, 0.1) is 0 Å². The van der Waals surface area contributed by atoms with Gasteiger partial charge >= 0.3 is 0 Å². The molecule has 0 aromatic heterocycles. The van der Waals surface area contributed by atoms with Crippen molar-refractivity contribution in [1.29, 1.82) is 0 Å². The van der Waals surface area contributed by atoms with Gasteiger partial charge in [0, 0.05) is 18.8 Å². The molecule has 0 amide bonds. The Labute approximate surface area is 85.5 Å². The van der Waals surface area contributed by atoms with Crippen molar-refractivity contribution in [3.8, 4) is 0 Å². The van der Waals surface area contributed by atoms with E-state index in [9.17, 15) is 0 Å². The van der Waals surface area contributed by atoms with Gasteiger partial charge in [-0.1, -0.05) is 29.8 Å². The Hall–Kier alpha value is -1.63. The second-order valence-corrected chi connectivity index (χ2v) is 3.06. The van der Waals surface area contributed by atoms with Gasteiger partial charge in [0.1, 0.15) is 0 Å². The first-order valence-electron chi connectivity index (χ1n) is 4.64. The molecule has 2 rings (SSSR count). The van der Waals surface area contributed by atoms with Gasteiger partial charge < -0.3 is 0 Å². The van der Waals surface area contributed by atoms with Gasteiger partial charge in [-0.05, 0) is 18.1 Å². The van der Waals surface area contributed by atoms with Crippen LogP contribution in [-0.2, 0) is 0 Å². The van der Waals surface area contributed by atoms with E-state index in [0.29, 0.717) is 0 Å². The van der Waals surface area contributed by atoms with E-state index in [0.717, 1.165) is 6.42 Å². The van der Waals surface area contributed by atoms with Crippen molar-refractivity contribution in [1.82, 2.24) is 0 Å². The molecule has 1 nitrogen and oxygen atoms in total. The minimum absolute atomic E-state index is 0.975. The van der Waals surface area contributed by atoms with Gasteiger partial charge in [-0.2, -0.15) is 0 Å². The van der Waals surface area contributed by atoms with E-state index in [4.69, 9.17) is 0 Å². The van der Waals surface area contributed by atoms with Crippen LogP contribution in [0.5, 0.6) is 0 Å². The Bertz CT molecular complexity index is 344. The molecule has 0 radical (unpaired) electrons. The van der Waals surface area contributed by atoms with Crippen LogP contribution in [0.15, 0.2) is 48.6 Å². The first-order chi connectivity index (χ1) is 6.86. The number of aryl methyl sites for hydroxylation is 1. The number of hydrogen-bond donors (Lipinski definition) is 0. The van der Waals surface area contributed by atoms with Gasteiger partial charge in [-0.25, -0.2) is 0 Å². The van der Waals surface area contributed by atoms with Crippen LogP contribution in [0, 0.1) is 6.92 Å². The van der Waals surface area contributed by atoms with E-state index in [2.05, 4.69) is 49.3 Å². The van der Waals surface area contributed by atoms with Crippen LogP contribution in [0.2, 0.25) is 0 Å². The number of nitrogens with zero attached hydrogens (tertiary/aromatic N) is 1. The highest BCUT2D eigenvalue weighted by Crippen LogP contribution is 2.20. The van der Waals surface area contributed by atoms with Crippen LogP contribution in [0.1, 0.15) is 17.5 Å². The lowest BCUT2D eigenvalue weighted by Crippen LogP contribution is -1.81. The molecule has 0 unspecified atom stereocenters. The summed E-state index contributed by atoms with van der Waals surface area (Å²) in [6.45, 7) is 8.10. The average molecular weight is 185 g/mol. The molecule has 1 aromatic rings. The second-order valence-electron chi connectivity index (χ2n) is 3.06. The molecule has 14 heavy (non-hydrogen) atoms. The first kappa shape index (κ1) is 10.5. The Morgan fingerprint density at radius 1 is 1.14 bits per heavy atom. The molecule has 1 aliphatic heterocycles. The monoisotopic (exact) mass is 185 g/mol. The maximum atomic E-state index is 4.08. The SMILES string of the molecule is C=C.Cc1ccc(C2=CN=CC2)cc1. The number of hydrogen-bond acceptors (Lipinski definition) is 1. The summed E-state index contributed by atoms with van der Waals surface area (Å²) < 4.78 is 0. The van der Waals surface area contributed by atoms with Crippen molar-refractivity contribution in [3.63, 3.8) is 0 Å². The third kappa shape index (κ3) is 2.43. The molecular formula is C13H15N. The van der Waals surface area contributed by atoms with Crippen molar-refractivity contribution < 1.29 is 0 Å². The molecule has 1 aromatic carbocycles. The lowest BCUT2D eigenvalue weighted by atomic mass is 10.0. The first-order valence-corrected chi connectivity index (χ1v) is 4.64. The molecule has 0 spiro atoms. The fourth-order valence-corrected chi connectivity index (χ4v) is 1.31. The molecule has 72 valence electrons. The topological polar surface area (TPSA) is 12.4 Å². The highest BCUT2D eigenvalue weighted by Gasteiger charge is 2.02. The number of allylic oxidation sites excluding steroid dienone is 1. The van der Waals surface area contributed by atoms with Crippen molar-refractivity contribution in [3.05, 3.63) is 54.8 Å². The molecule has 1 heteroatoms. The summed E-state index contributed by atoms with van der Waals surface area (Å²) in [5, 5.41) is 0. The summed E-state index contributed by atoms with van der Waals surface area (Å²) in [6, 6.07) is 8.56. The molecule has 0 atom stereocenters. The van der Waals surface area contributed by atoms with Crippen molar-refractivity contribution in [2.75, 3.05) is 0 Å². The summed E-state index contributed by atoms with van der Waals surface area (Å²) in [6.07, 6.45) is 4.85. The van der Waals surface area contributed by atoms with Gasteiger partial charge in [0.25, 0.3) is 0 Å². The number of aliphatic imine (C=N–C) groups is 1. The van der Waals surface area contributed by atoms with Crippen LogP contribution < -0.4 is 0 Å². The molecule has 0 fully saturated rings. The van der Waals surface area contributed by atoms with E-state index in [1.165, 1.54) is 16.7 Å². The van der Waals surface area contributed by atoms with Crippen LogP contribution in [-0.4, -0.2) is 6.21 Å². The van der Waals surface area contributed by atoms with E-state index in [1.54, 1.807) is 0 Å². The average Bonchev–Trinajstić information content (AvgIpc) is 2.75. The minimum atomic E-state index is 0.975. The van der Waals surface area contributed by atoms with E-state index in [-0.39, 0.29) is 0 Å². The fourth-order valence-electron chi connectivity index (χ4n) is 1.31. The lowest BCUT2D eigenvalue weighted by Gasteiger charge is -2.00. The van der Waals surface area contributed by atoms with Crippen LogP contribution in [0.3, 0.4) is 0 Å². The van der Waals surface area contributed by atoms with E-state index < -0.39 is 0 Å². The zero-order valence-corrected chi connectivity index (χ0v) is 8.53. The Kier molecular flexibility index (Phi) is 3.86. The summed E-state index contributed by atoms with van der Waals surface area (Å²) in [5.74, 6) is 0. The molecule has 1 aliphatic rings. The molecule has 0 bridgehead atoms. The van der Waals surface area contributed by atoms with Crippen LogP contribution >= 0.6 is 0 Å². The highest BCUT2D eigenvalue weighted by atomic mass is 14.7. The van der Waals surface area contributed by atoms with Crippen molar-refractivity contribution in [2.24, 2.45) is 4.99 Å². The Balaban J connectivity index is 0.000000461. The van der Waals surface area contributed by atoms with Gasteiger partial charge in [0.15, 0.2) is 0 Å². The molecule has 0 aliphatic carbocycles. The number of rotatable bonds is 1. The van der Waals surface area contributed by atoms with Crippen LogP contribution in [0.4, 0.5) is 0 Å². The standard InChI is InChI=1S/C11H11N.C2H4/c1-9-2-4-10(5-3-9)11-6-7-12-8-11;1-2/h2-5,7-8H,6H2,1H3;1-2H2.